The molecule has 0 amide bonds. The molecule has 0 bridgehead atoms. The number of Topliss-reactive ketones (excluding diaryl/α,β-unsaturated/α-hetero) is 1. The Balaban J connectivity index is 0.00000162. The van der Waals surface area contributed by atoms with Gasteiger partial charge in [-0.15, -0.1) is 12.4 Å². The summed E-state index contributed by atoms with van der Waals surface area (Å²) in [5.74, 6) is 0.248. The molecule has 0 N–H and O–H groups in total. The highest BCUT2D eigenvalue weighted by molar-refractivity contribution is 6.03. The highest BCUT2D eigenvalue weighted by Gasteiger charge is 2.36. The Bertz CT molecular complexity index is 422. The van der Waals surface area contributed by atoms with Gasteiger partial charge in [0.05, 0.1) is 5.54 Å². The van der Waals surface area contributed by atoms with E-state index in [4.69, 9.17) is 0 Å². The lowest BCUT2D eigenvalue weighted by Crippen LogP contribution is -2.48. The summed E-state index contributed by atoms with van der Waals surface area (Å²) in [5.41, 5.74) is 1.57. The molecule has 0 aliphatic carbocycles. The lowest BCUT2D eigenvalue weighted by Gasteiger charge is -2.34. The van der Waals surface area contributed by atoms with E-state index in [1.54, 1.807) is 0 Å². The smallest absolute Gasteiger partial charge is 0.182 e. The molecule has 1 heterocycles. The fraction of sp³-hybridized carbons (Fsp3) is 0.533. The molecule has 0 saturated carbocycles. The maximum atomic E-state index is 12.6. The van der Waals surface area contributed by atoms with E-state index < -0.39 is 0 Å². The number of halogens is 1. The molecular formula is C15H22ClNO. The molecule has 1 aromatic rings. The van der Waals surface area contributed by atoms with Crippen LogP contribution in [0.25, 0.3) is 0 Å². The quantitative estimate of drug-likeness (QED) is 0.782. The summed E-state index contributed by atoms with van der Waals surface area (Å²) in [6, 6.07) is 7.87. The van der Waals surface area contributed by atoms with Crippen LogP contribution in [0.4, 0.5) is 0 Å². The largest absolute Gasteiger partial charge is 0.292 e. The fourth-order valence-electron chi connectivity index (χ4n) is 2.58. The molecule has 100 valence electrons. The third kappa shape index (κ3) is 2.76. The van der Waals surface area contributed by atoms with Crippen molar-refractivity contribution in [1.82, 2.24) is 4.90 Å². The van der Waals surface area contributed by atoms with Gasteiger partial charge in [-0.3, -0.25) is 9.69 Å². The van der Waals surface area contributed by atoms with E-state index in [9.17, 15) is 4.79 Å². The molecule has 0 aromatic heterocycles. The van der Waals surface area contributed by atoms with E-state index in [0.717, 1.165) is 24.2 Å². The average molecular weight is 268 g/mol. The predicted molar refractivity (Wildman–Crippen MR) is 77.6 cm³/mol. The molecule has 18 heavy (non-hydrogen) atoms. The van der Waals surface area contributed by atoms with Crippen LogP contribution < -0.4 is 0 Å². The number of hydrogen-bond acceptors (Lipinski definition) is 2. The zero-order valence-electron chi connectivity index (χ0n) is 11.4. The van der Waals surface area contributed by atoms with Crippen molar-refractivity contribution >= 4 is 18.2 Å². The van der Waals surface area contributed by atoms with Crippen molar-refractivity contribution in [3.05, 3.63) is 35.4 Å². The predicted octanol–water partition coefficient (Wildman–Crippen LogP) is 3.47. The van der Waals surface area contributed by atoms with Crippen LogP contribution in [0.15, 0.2) is 24.3 Å². The van der Waals surface area contributed by atoms with Gasteiger partial charge >= 0.3 is 0 Å². The number of benzene rings is 1. The minimum absolute atomic E-state index is 0. The molecule has 1 aliphatic rings. The SMILES string of the molecule is Cc1ccccc1C(=O)C(C)(C)N1CCCC1.Cl. The van der Waals surface area contributed by atoms with Gasteiger partial charge in [0.15, 0.2) is 5.78 Å². The summed E-state index contributed by atoms with van der Waals surface area (Å²) >= 11 is 0. The van der Waals surface area contributed by atoms with Crippen LogP contribution in [0.1, 0.15) is 42.6 Å². The zero-order valence-corrected chi connectivity index (χ0v) is 12.2. The van der Waals surface area contributed by atoms with Gasteiger partial charge in [-0.05, 0) is 52.3 Å². The van der Waals surface area contributed by atoms with Gasteiger partial charge in [-0.25, -0.2) is 0 Å². The van der Waals surface area contributed by atoms with Gasteiger partial charge in [-0.2, -0.15) is 0 Å². The summed E-state index contributed by atoms with van der Waals surface area (Å²) in [4.78, 5) is 14.9. The molecule has 1 aliphatic heterocycles. The summed E-state index contributed by atoms with van der Waals surface area (Å²) in [6.07, 6.45) is 2.43. The standard InChI is InChI=1S/C15H21NO.ClH/c1-12-8-4-5-9-13(12)14(17)15(2,3)16-10-6-7-11-16;/h4-5,8-9H,6-7,10-11H2,1-3H3;1H. The summed E-state index contributed by atoms with van der Waals surface area (Å²) in [7, 11) is 0. The highest BCUT2D eigenvalue weighted by atomic mass is 35.5. The minimum atomic E-state index is -0.372. The van der Waals surface area contributed by atoms with E-state index in [2.05, 4.69) is 4.90 Å². The molecule has 0 unspecified atom stereocenters. The number of ketones is 1. The summed E-state index contributed by atoms with van der Waals surface area (Å²) in [6.45, 7) is 8.20. The number of aryl methyl sites for hydroxylation is 1. The number of carbonyl (C=O) groups is 1. The van der Waals surface area contributed by atoms with Gasteiger partial charge in [0, 0.05) is 5.56 Å². The maximum absolute atomic E-state index is 12.6. The van der Waals surface area contributed by atoms with Gasteiger partial charge in [-0.1, -0.05) is 24.3 Å². The molecule has 0 spiro atoms. The zero-order chi connectivity index (χ0) is 12.5. The first-order chi connectivity index (χ1) is 8.03. The minimum Gasteiger partial charge on any atom is -0.292 e. The van der Waals surface area contributed by atoms with Crippen molar-refractivity contribution in [2.45, 2.75) is 39.2 Å². The molecule has 3 heteroatoms. The van der Waals surface area contributed by atoms with Crippen LogP contribution in [0.3, 0.4) is 0 Å². The number of carbonyl (C=O) groups excluding carboxylic acids is 1. The van der Waals surface area contributed by atoms with E-state index in [1.807, 2.05) is 45.0 Å². The molecule has 1 aromatic carbocycles. The van der Waals surface area contributed by atoms with Crippen molar-refractivity contribution in [3.8, 4) is 0 Å². The molecular weight excluding hydrogens is 246 g/mol. The first kappa shape index (κ1) is 15.2. The lowest BCUT2D eigenvalue weighted by atomic mass is 9.89. The van der Waals surface area contributed by atoms with Gasteiger partial charge in [0.2, 0.25) is 0 Å². The third-order valence-corrected chi connectivity index (χ3v) is 3.84. The summed E-state index contributed by atoms with van der Waals surface area (Å²) in [5, 5.41) is 0. The fourth-order valence-corrected chi connectivity index (χ4v) is 2.58. The number of rotatable bonds is 3. The number of hydrogen-bond donors (Lipinski definition) is 0. The third-order valence-electron chi connectivity index (χ3n) is 3.84. The molecule has 0 radical (unpaired) electrons. The molecule has 1 fully saturated rings. The van der Waals surface area contributed by atoms with Gasteiger partial charge in [0.25, 0.3) is 0 Å². The van der Waals surface area contributed by atoms with Crippen molar-refractivity contribution in [2.75, 3.05) is 13.1 Å². The maximum Gasteiger partial charge on any atom is 0.182 e. The van der Waals surface area contributed by atoms with Crippen molar-refractivity contribution in [3.63, 3.8) is 0 Å². The first-order valence-corrected chi connectivity index (χ1v) is 6.39. The van der Waals surface area contributed by atoms with Crippen LogP contribution in [-0.2, 0) is 0 Å². The van der Waals surface area contributed by atoms with Crippen LogP contribution in [0.5, 0.6) is 0 Å². The Morgan fingerprint density at radius 1 is 1.17 bits per heavy atom. The normalized spacial score (nSPS) is 16.4. The van der Waals surface area contributed by atoms with Crippen LogP contribution in [0, 0.1) is 6.92 Å². The van der Waals surface area contributed by atoms with E-state index >= 15 is 0 Å². The Hall–Kier alpha value is -0.860. The van der Waals surface area contributed by atoms with Gasteiger partial charge < -0.3 is 0 Å². The first-order valence-electron chi connectivity index (χ1n) is 6.39. The average Bonchev–Trinajstić information content (AvgIpc) is 2.83. The van der Waals surface area contributed by atoms with E-state index in [1.165, 1.54) is 12.8 Å². The Morgan fingerprint density at radius 2 is 1.72 bits per heavy atom. The second-order valence-corrected chi connectivity index (χ2v) is 5.40. The highest BCUT2D eigenvalue weighted by Crippen LogP contribution is 2.26. The Kier molecular flexibility index (Phi) is 4.94. The summed E-state index contributed by atoms with van der Waals surface area (Å²) < 4.78 is 0. The van der Waals surface area contributed by atoms with E-state index in [-0.39, 0.29) is 23.7 Å². The van der Waals surface area contributed by atoms with Crippen LogP contribution >= 0.6 is 12.4 Å². The van der Waals surface area contributed by atoms with Crippen molar-refractivity contribution in [2.24, 2.45) is 0 Å². The second kappa shape index (κ2) is 5.85. The molecule has 1 saturated heterocycles. The van der Waals surface area contributed by atoms with Crippen LogP contribution in [-0.4, -0.2) is 29.3 Å². The monoisotopic (exact) mass is 267 g/mol. The Morgan fingerprint density at radius 3 is 2.28 bits per heavy atom. The van der Waals surface area contributed by atoms with Crippen molar-refractivity contribution in [1.29, 1.82) is 0 Å². The van der Waals surface area contributed by atoms with Gasteiger partial charge in [0.1, 0.15) is 0 Å². The molecule has 2 rings (SSSR count). The second-order valence-electron chi connectivity index (χ2n) is 5.40. The molecule has 2 nitrogen and oxygen atoms in total. The number of nitrogens with zero attached hydrogens (tertiary/aromatic N) is 1. The lowest BCUT2D eigenvalue weighted by molar-refractivity contribution is 0.0702. The topological polar surface area (TPSA) is 20.3 Å². The number of likely N-dealkylation sites (tertiary alicyclic amines) is 1. The van der Waals surface area contributed by atoms with Crippen LogP contribution in [0.2, 0.25) is 0 Å². The van der Waals surface area contributed by atoms with Crippen molar-refractivity contribution < 1.29 is 4.79 Å². The molecule has 0 atom stereocenters. The Labute approximate surface area is 116 Å². The van der Waals surface area contributed by atoms with E-state index in [0.29, 0.717) is 0 Å².